The Morgan fingerprint density at radius 2 is 1.80 bits per heavy atom. The number of carbonyl (C=O) groups excluding carboxylic acids is 2. The molecule has 1 saturated heterocycles. The number of nitrogens with zero attached hydrogens (tertiary/aromatic N) is 2. The molecule has 2 aromatic rings. The van der Waals surface area contributed by atoms with Gasteiger partial charge in [-0.25, -0.2) is 4.72 Å². The van der Waals surface area contributed by atoms with E-state index in [1.165, 1.54) is 4.31 Å². The summed E-state index contributed by atoms with van der Waals surface area (Å²) in [5, 5.41) is 0. The molecule has 4 rings (SSSR count). The van der Waals surface area contributed by atoms with Gasteiger partial charge in [-0.1, -0.05) is 48.5 Å². The maximum Gasteiger partial charge on any atom is 0.326 e. The smallest absolute Gasteiger partial charge is 0.326 e. The lowest BCUT2D eigenvalue weighted by Crippen LogP contribution is -2.47. The molecule has 1 N–H and O–H groups in total. The van der Waals surface area contributed by atoms with Crippen molar-refractivity contribution in [3.63, 3.8) is 0 Å². The predicted molar refractivity (Wildman–Crippen MR) is 114 cm³/mol. The lowest BCUT2D eigenvalue weighted by atomic mass is 10.0. The Balaban J connectivity index is 1.46. The van der Waals surface area contributed by atoms with Crippen molar-refractivity contribution in [1.82, 2.24) is 9.62 Å². The minimum Gasteiger partial charge on any atom is -0.335 e. The number of carbonyl (C=O) groups is 2. The lowest BCUT2D eigenvalue weighted by Gasteiger charge is -2.30. The number of hydrogen-bond donors (Lipinski definition) is 1. The van der Waals surface area contributed by atoms with Crippen molar-refractivity contribution in [1.29, 1.82) is 0 Å². The van der Waals surface area contributed by atoms with Gasteiger partial charge in [-0.2, -0.15) is 8.42 Å². The van der Waals surface area contributed by atoms with E-state index in [1.807, 2.05) is 49.4 Å². The Morgan fingerprint density at radius 3 is 2.57 bits per heavy atom. The number of aryl methyl sites for hydroxylation is 1. The summed E-state index contributed by atoms with van der Waals surface area (Å²) in [5.74, 6) is -1.47. The van der Waals surface area contributed by atoms with Crippen LogP contribution in [-0.4, -0.2) is 38.2 Å². The third-order valence-corrected chi connectivity index (χ3v) is 7.28. The molecule has 2 heterocycles. The molecule has 1 fully saturated rings. The molecule has 2 atom stereocenters. The van der Waals surface area contributed by atoms with Gasteiger partial charge in [0.2, 0.25) is 11.8 Å². The highest BCUT2D eigenvalue weighted by atomic mass is 32.2. The Morgan fingerprint density at radius 1 is 1.10 bits per heavy atom. The second kappa shape index (κ2) is 8.10. The van der Waals surface area contributed by atoms with Crippen molar-refractivity contribution in [2.24, 2.45) is 5.92 Å². The minimum absolute atomic E-state index is 0.00904. The van der Waals surface area contributed by atoms with Crippen LogP contribution < -0.4 is 9.03 Å². The average Bonchev–Trinajstić information content (AvgIpc) is 3.15. The van der Waals surface area contributed by atoms with Crippen molar-refractivity contribution < 1.29 is 18.0 Å². The Labute approximate surface area is 176 Å². The van der Waals surface area contributed by atoms with E-state index in [-0.39, 0.29) is 24.9 Å². The van der Waals surface area contributed by atoms with Crippen LogP contribution in [0.3, 0.4) is 0 Å². The molecule has 0 aromatic heterocycles. The first kappa shape index (κ1) is 20.4. The van der Waals surface area contributed by atoms with Crippen molar-refractivity contribution >= 4 is 27.7 Å². The topological polar surface area (TPSA) is 86.8 Å². The molecule has 0 radical (unpaired) electrons. The molecule has 0 bridgehead atoms. The van der Waals surface area contributed by atoms with Crippen LogP contribution in [0.25, 0.3) is 0 Å². The highest BCUT2D eigenvalue weighted by Gasteiger charge is 2.39. The Bertz CT molecular complexity index is 1060. The summed E-state index contributed by atoms with van der Waals surface area (Å²) in [7, 11) is -4.04. The largest absolute Gasteiger partial charge is 0.335 e. The van der Waals surface area contributed by atoms with Gasteiger partial charge in [0.05, 0.1) is 17.6 Å². The van der Waals surface area contributed by atoms with Gasteiger partial charge in [0.15, 0.2) is 0 Å². The first-order chi connectivity index (χ1) is 14.4. The first-order valence-electron chi connectivity index (χ1n) is 10.1. The van der Waals surface area contributed by atoms with E-state index in [4.69, 9.17) is 0 Å². The summed E-state index contributed by atoms with van der Waals surface area (Å²) < 4.78 is 29.3. The van der Waals surface area contributed by atoms with E-state index in [2.05, 4.69) is 4.72 Å². The monoisotopic (exact) mass is 427 g/mol. The average molecular weight is 428 g/mol. The molecule has 2 aliphatic heterocycles. The van der Waals surface area contributed by atoms with E-state index >= 15 is 0 Å². The highest BCUT2D eigenvalue weighted by molar-refractivity contribution is 7.91. The van der Waals surface area contributed by atoms with Crippen molar-refractivity contribution in [3.05, 3.63) is 65.7 Å². The summed E-state index contributed by atoms with van der Waals surface area (Å²) in [5.41, 5.74) is 2.52. The van der Waals surface area contributed by atoms with Crippen LogP contribution in [-0.2, 0) is 26.2 Å². The number of anilines is 1. The molecular weight excluding hydrogens is 402 g/mol. The van der Waals surface area contributed by atoms with Crippen molar-refractivity contribution in [3.8, 4) is 0 Å². The summed E-state index contributed by atoms with van der Waals surface area (Å²) in [4.78, 5) is 26.9. The van der Waals surface area contributed by atoms with Gasteiger partial charge in [0.25, 0.3) is 0 Å². The van der Waals surface area contributed by atoms with Crippen LogP contribution in [0.5, 0.6) is 0 Å². The fraction of sp³-hybridized carbons (Fsp3) is 0.364. The number of fused-ring (bicyclic) bond motifs is 1. The quantitative estimate of drug-likeness (QED) is 0.794. The summed E-state index contributed by atoms with van der Waals surface area (Å²) in [6.07, 6.45) is 1.51. The molecule has 0 saturated carbocycles. The maximum absolute atomic E-state index is 12.9. The summed E-state index contributed by atoms with van der Waals surface area (Å²) >= 11 is 0. The zero-order valence-electron chi connectivity index (χ0n) is 16.8. The van der Waals surface area contributed by atoms with Crippen LogP contribution >= 0.6 is 0 Å². The molecule has 158 valence electrons. The van der Waals surface area contributed by atoms with Gasteiger partial charge in [0.1, 0.15) is 0 Å². The second-order valence-corrected chi connectivity index (χ2v) is 9.40. The van der Waals surface area contributed by atoms with Crippen LogP contribution in [0.15, 0.2) is 54.6 Å². The van der Waals surface area contributed by atoms with Crippen molar-refractivity contribution in [2.45, 2.75) is 32.2 Å². The molecular formula is C22H25N3O4S. The van der Waals surface area contributed by atoms with E-state index in [1.54, 1.807) is 17.0 Å². The third-order valence-electron chi connectivity index (χ3n) is 5.87. The normalized spacial score (nSPS) is 20.0. The number of rotatable bonds is 5. The van der Waals surface area contributed by atoms with E-state index < -0.39 is 22.0 Å². The number of likely N-dealkylation sites (tertiary alicyclic amines) is 1. The fourth-order valence-corrected chi connectivity index (χ4v) is 5.54. The van der Waals surface area contributed by atoms with Crippen LogP contribution in [0.4, 0.5) is 5.69 Å². The third kappa shape index (κ3) is 3.92. The van der Waals surface area contributed by atoms with Gasteiger partial charge < -0.3 is 4.90 Å². The molecule has 8 heteroatoms. The zero-order valence-corrected chi connectivity index (χ0v) is 17.6. The second-order valence-electron chi connectivity index (χ2n) is 7.81. The summed E-state index contributed by atoms with van der Waals surface area (Å²) in [6, 6.07) is 16.7. The van der Waals surface area contributed by atoms with Gasteiger partial charge in [0, 0.05) is 19.5 Å². The number of nitrogens with one attached hydrogen (secondary N) is 1. The number of amides is 2. The van der Waals surface area contributed by atoms with Gasteiger partial charge >= 0.3 is 10.2 Å². The molecule has 2 amide bonds. The molecule has 0 spiro atoms. The van der Waals surface area contributed by atoms with E-state index in [9.17, 15) is 18.0 Å². The molecule has 0 aliphatic carbocycles. The van der Waals surface area contributed by atoms with Crippen LogP contribution in [0.2, 0.25) is 0 Å². The maximum atomic E-state index is 12.9. The number of benzene rings is 2. The molecule has 30 heavy (non-hydrogen) atoms. The molecule has 2 aliphatic rings. The number of para-hydroxylation sites is 1. The molecule has 2 aromatic carbocycles. The Kier molecular flexibility index (Phi) is 5.51. The summed E-state index contributed by atoms with van der Waals surface area (Å²) in [6.45, 7) is 2.43. The predicted octanol–water partition coefficient (Wildman–Crippen LogP) is 2.41. The van der Waals surface area contributed by atoms with E-state index in [0.29, 0.717) is 18.7 Å². The van der Waals surface area contributed by atoms with Gasteiger partial charge in [-0.05, 0) is 37.0 Å². The van der Waals surface area contributed by atoms with E-state index in [0.717, 1.165) is 17.5 Å². The number of hydrogen-bond acceptors (Lipinski definition) is 4. The van der Waals surface area contributed by atoms with Crippen LogP contribution in [0, 0.1) is 5.92 Å². The minimum atomic E-state index is -4.04. The highest BCUT2D eigenvalue weighted by Crippen LogP contribution is 2.30. The zero-order chi connectivity index (χ0) is 21.3. The fourth-order valence-electron chi connectivity index (χ4n) is 4.21. The van der Waals surface area contributed by atoms with Crippen molar-refractivity contribution in [2.75, 3.05) is 17.4 Å². The molecule has 7 nitrogen and oxygen atoms in total. The van der Waals surface area contributed by atoms with Gasteiger partial charge in [-0.15, -0.1) is 0 Å². The standard InChI is InChI=1S/C22H25N3O4S/c1-16(17-8-3-2-4-9-17)24-15-19(14-21(24)26)22(27)23-30(28,29)25-13-7-11-18-10-5-6-12-20(18)25/h2-6,8-10,12,16,19H,7,11,13-15H2,1H3,(H,23,27). The Hall–Kier alpha value is -2.87. The van der Waals surface area contributed by atoms with Crippen LogP contribution in [0.1, 0.15) is 36.9 Å². The molecule has 2 unspecified atom stereocenters. The first-order valence-corrected chi connectivity index (χ1v) is 11.6. The van der Waals surface area contributed by atoms with Gasteiger partial charge in [-0.3, -0.25) is 13.9 Å². The lowest BCUT2D eigenvalue weighted by molar-refractivity contribution is -0.130. The SMILES string of the molecule is CC(c1ccccc1)N1CC(C(=O)NS(=O)(=O)N2CCCc3ccccc32)CC1=O.